The highest BCUT2D eigenvalue weighted by atomic mass is 19.4. The van der Waals surface area contributed by atoms with Crippen molar-refractivity contribution in [1.29, 1.82) is 0 Å². The third-order valence-corrected chi connectivity index (χ3v) is 10.8. The van der Waals surface area contributed by atoms with E-state index in [9.17, 15) is 41.9 Å². The molecule has 2 saturated heterocycles. The standard InChI is InChI=1S/C39H31F3N8O6/c1-38(2,37(56)45-23-5-9-30(43-3)29(13-23)39(40,41)42)49-17-22(15-44-49)20-4-7-26-21(12-20)16-48(34(26)53)25-18-47(19-25)24-6-8-27-28(14-24)36(55)50(35(27)54)31-10-11-32(51)46-33(31)52/h4-9,12-15,17,25,31H,10-11,16,18-19H2,1-2H3,(H,45,56)(H,46,51,52). The van der Waals surface area contributed by atoms with Crippen LogP contribution in [0.4, 0.5) is 30.2 Å². The maximum absolute atomic E-state index is 13.5. The fraction of sp³-hybridized carbons (Fsp3) is 0.282. The lowest BCUT2D eigenvalue weighted by Gasteiger charge is -2.45. The molecule has 1 aromatic heterocycles. The molecule has 56 heavy (non-hydrogen) atoms. The molecule has 4 aliphatic rings. The van der Waals surface area contributed by atoms with Gasteiger partial charge in [0.25, 0.3) is 23.6 Å². The molecule has 0 saturated carbocycles. The van der Waals surface area contributed by atoms with Gasteiger partial charge in [-0.15, -0.1) is 0 Å². The second-order valence-electron chi connectivity index (χ2n) is 14.6. The van der Waals surface area contributed by atoms with Gasteiger partial charge in [0.1, 0.15) is 11.6 Å². The minimum atomic E-state index is -4.77. The summed E-state index contributed by atoms with van der Waals surface area (Å²) in [7, 11) is 0. The van der Waals surface area contributed by atoms with Crippen LogP contribution in [0, 0.1) is 6.57 Å². The van der Waals surface area contributed by atoms with Gasteiger partial charge in [-0.2, -0.15) is 18.3 Å². The van der Waals surface area contributed by atoms with Crippen molar-refractivity contribution in [2.24, 2.45) is 0 Å². The first kappa shape index (κ1) is 36.2. The number of benzene rings is 3. The molecule has 3 aromatic carbocycles. The molecule has 4 aliphatic heterocycles. The van der Waals surface area contributed by atoms with E-state index < -0.39 is 58.5 Å². The molecule has 1 unspecified atom stereocenters. The van der Waals surface area contributed by atoms with Gasteiger partial charge >= 0.3 is 6.18 Å². The molecule has 2 fully saturated rings. The van der Waals surface area contributed by atoms with E-state index in [0.29, 0.717) is 36.4 Å². The number of anilines is 2. The van der Waals surface area contributed by atoms with E-state index in [1.54, 1.807) is 61.5 Å². The second-order valence-corrected chi connectivity index (χ2v) is 14.6. The van der Waals surface area contributed by atoms with Crippen molar-refractivity contribution in [2.75, 3.05) is 23.3 Å². The van der Waals surface area contributed by atoms with Crippen molar-refractivity contribution in [2.45, 2.75) is 57.0 Å². The Morgan fingerprint density at radius 3 is 2.36 bits per heavy atom. The van der Waals surface area contributed by atoms with Gasteiger partial charge in [0.15, 0.2) is 5.69 Å². The molecule has 5 heterocycles. The number of fused-ring (bicyclic) bond motifs is 2. The Kier molecular flexibility index (Phi) is 8.33. The van der Waals surface area contributed by atoms with E-state index in [2.05, 4.69) is 20.6 Å². The van der Waals surface area contributed by atoms with Gasteiger partial charge in [0.2, 0.25) is 11.8 Å². The van der Waals surface area contributed by atoms with Crippen LogP contribution >= 0.6 is 0 Å². The van der Waals surface area contributed by atoms with Gasteiger partial charge in [0.05, 0.1) is 35.5 Å². The number of nitrogens with one attached hydrogen (secondary N) is 2. The van der Waals surface area contributed by atoms with Crippen molar-refractivity contribution in [3.63, 3.8) is 0 Å². The van der Waals surface area contributed by atoms with Crippen LogP contribution in [-0.2, 0) is 32.6 Å². The lowest BCUT2D eigenvalue weighted by molar-refractivity contribution is -0.137. The molecular formula is C39H31F3N8O6. The highest BCUT2D eigenvalue weighted by molar-refractivity contribution is 6.23. The largest absolute Gasteiger partial charge is 0.407 e. The number of aromatic nitrogens is 2. The van der Waals surface area contributed by atoms with Gasteiger partial charge in [-0.05, 0) is 73.9 Å². The van der Waals surface area contributed by atoms with E-state index in [0.717, 1.165) is 28.2 Å². The predicted octanol–water partition coefficient (Wildman–Crippen LogP) is 4.74. The third-order valence-electron chi connectivity index (χ3n) is 10.8. The molecule has 2 N–H and O–H groups in total. The average molecular weight is 765 g/mol. The topological polar surface area (TPSA) is 158 Å². The average Bonchev–Trinajstić information content (AvgIpc) is 3.83. The Morgan fingerprint density at radius 1 is 0.911 bits per heavy atom. The van der Waals surface area contributed by atoms with E-state index in [1.807, 2.05) is 11.0 Å². The number of halogens is 3. The number of hydrogen-bond acceptors (Lipinski definition) is 8. The molecule has 8 rings (SSSR count). The lowest BCUT2D eigenvalue weighted by Crippen LogP contribution is -2.59. The maximum atomic E-state index is 13.5. The third kappa shape index (κ3) is 5.93. The number of nitrogens with zero attached hydrogens (tertiary/aromatic N) is 6. The minimum Gasteiger partial charge on any atom is -0.367 e. The van der Waals surface area contributed by atoms with Crippen LogP contribution in [0.15, 0.2) is 67.0 Å². The predicted molar refractivity (Wildman–Crippen MR) is 192 cm³/mol. The first-order chi connectivity index (χ1) is 26.5. The summed E-state index contributed by atoms with van der Waals surface area (Å²) < 4.78 is 41.9. The SMILES string of the molecule is [C-]#[N+]c1ccc(NC(=O)C(C)(C)n2cc(-c3ccc4c(c3)CN(C3CN(c5ccc6c(c5)C(=O)N(C5CCC(=O)NC5=O)C6=O)C3)C4=O)cn2)cc1C(F)(F)F. The van der Waals surface area contributed by atoms with Crippen molar-refractivity contribution >= 4 is 52.5 Å². The normalized spacial score (nSPS) is 18.5. The van der Waals surface area contributed by atoms with E-state index >= 15 is 0 Å². The number of imide groups is 2. The summed E-state index contributed by atoms with van der Waals surface area (Å²) in [6, 6.07) is 12.1. The summed E-state index contributed by atoms with van der Waals surface area (Å²) in [4.78, 5) is 84.8. The number of carbonyl (C=O) groups is 6. The van der Waals surface area contributed by atoms with Crippen molar-refractivity contribution in [3.8, 4) is 11.1 Å². The molecule has 0 aliphatic carbocycles. The molecule has 6 amide bonds. The Morgan fingerprint density at radius 2 is 1.64 bits per heavy atom. The Labute approximate surface area is 316 Å². The second kappa shape index (κ2) is 12.9. The number of piperidine rings is 1. The molecule has 284 valence electrons. The summed E-state index contributed by atoms with van der Waals surface area (Å²) in [6.07, 6.45) is -1.49. The molecular weight excluding hydrogens is 733 g/mol. The molecule has 0 spiro atoms. The summed E-state index contributed by atoms with van der Waals surface area (Å²) in [5.74, 6) is -3.06. The monoisotopic (exact) mass is 764 g/mol. The molecule has 17 heteroatoms. The fourth-order valence-electron chi connectivity index (χ4n) is 7.44. The zero-order chi connectivity index (χ0) is 39.8. The van der Waals surface area contributed by atoms with Crippen LogP contribution in [0.5, 0.6) is 0 Å². The highest BCUT2D eigenvalue weighted by Crippen LogP contribution is 2.39. The van der Waals surface area contributed by atoms with E-state index in [-0.39, 0.29) is 41.6 Å². The van der Waals surface area contributed by atoms with Crippen molar-refractivity contribution in [1.82, 2.24) is 24.9 Å². The first-order valence-electron chi connectivity index (χ1n) is 17.6. The van der Waals surface area contributed by atoms with Crippen LogP contribution < -0.4 is 15.5 Å². The minimum absolute atomic E-state index is 0.0270. The van der Waals surface area contributed by atoms with E-state index in [1.165, 1.54) is 10.7 Å². The maximum Gasteiger partial charge on any atom is 0.407 e. The molecule has 0 radical (unpaired) electrons. The first-order valence-corrected chi connectivity index (χ1v) is 17.6. The van der Waals surface area contributed by atoms with Crippen LogP contribution in [-0.4, -0.2) is 80.2 Å². The van der Waals surface area contributed by atoms with Crippen molar-refractivity contribution < 1.29 is 41.9 Å². The number of hydrogen-bond donors (Lipinski definition) is 2. The van der Waals surface area contributed by atoms with Crippen LogP contribution in [0.2, 0.25) is 0 Å². The number of rotatable bonds is 7. The lowest BCUT2D eigenvalue weighted by atomic mass is 10.0. The Hall–Kier alpha value is -6.83. The van der Waals surface area contributed by atoms with Gasteiger partial charge in [-0.25, -0.2) is 4.85 Å². The number of amides is 6. The summed E-state index contributed by atoms with van der Waals surface area (Å²) in [6.45, 7) is 11.5. The number of carbonyl (C=O) groups excluding carboxylic acids is 6. The molecule has 14 nitrogen and oxygen atoms in total. The molecule has 4 aromatic rings. The Bertz CT molecular complexity index is 2460. The van der Waals surface area contributed by atoms with Gasteiger partial charge in [-0.3, -0.25) is 43.7 Å². The fourth-order valence-corrected chi connectivity index (χ4v) is 7.44. The molecule has 0 bridgehead atoms. The van der Waals surface area contributed by atoms with Crippen LogP contribution in [0.3, 0.4) is 0 Å². The van der Waals surface area contributed by atoms with Gasteiger partial charge in [0, 0.05) is 54.8 Å². The summed E-state index contributed by atoms with van der Waals surface area (Å²) >= 11 is 0. The zero-order valence-electron chi connectivity index (χ0n) is 29.8. The zero-order valence-corrected chi connectivity index (χ0v) is 29.8. The van der Waals surface area contributed by atoms with E-state index in [4.69, 9.17) is 6.57 Å². The number of alkyl halides is 3. The summed E-state index contributed by atoms with van der Waals surface area (Å²) in [5, 5.41) is 9.06. The van der Waals surface area contributed by atoms with Crippen molar-refractivity contribution in [3.05, 3.63) is 106 Å². The van der Waals surface area contributed by atoms with Gasteiger partial charge in [-0.1, -0.05) is 12.1 Å². The molecule has 1 atom stereocenters. The Balaban J connectivity index is 0.917. The highest BCUT2D eigenvalue weighted by Gasteiger charge is 2.46. The summed E-state index contributed by atoms with van der Waals surface area (Å²) in [5.41, 5.74) is 0.629. The van der Waals surface area contributed by atoms with Crippen LogP contribution in [0.25, 0.3) is 16.0 Å². The van der Waals surface area contributed by atoms with Crippen LogP contribution in [0.1, 0.15) is 68.9 Å². The van der Waals surface area contributed by atoms with Gasteiger partial charge < -0.3 is 15.1 Å². The smallest absolute Gasteiger partial charge is 0.367 e. The quantitative estimate of drug-likeness (QED) is 0.202.